The highest BCUT2D eigenvalue weighted by atomic mass is 127. The molecule has 0 aliphatic rings. The number of ether oxygens (including phenoxy) is 1. The Bertz CT molecular complexity index is 654. The molecular formula is C14H14IN3O3. The number of hydrogen-bond acceptors (Lipinski definition) is 3. The molecule has 1 aromatic carbocycles. The average molecular weight is 399 g/mol. The predicted molar refractivity (Wildman–Crippen MR) is 86.1 cm³/mol. The molecule has 7 heteroatoms. The Hall–Kier alpha value is -2.03. The summed E-state index contributed by atoms with van der Waals surface area (Å²) in [6.07, 6.45) is 1.09. The maximum Gasteiger partial charge on any atom is 0.426 e. The average Bonchev–Trinajstić information content (AvgIpc) is 2.94. The van der Waals surface area contributed by atoms with Crippen molar-refractivity contribution in [3.63, 3.8) is 0 Å². The Morgan fingerprint density at radius 2 is 2.05 bits per heavy atom. The van der Waals surface area contributed by atoms with Crippen molar-refractivity contribution in [2.75, 3.05) is 6.61 Å². The van der Waals surface area contributed by atoms with Crippen molar-refractivity contribution in [1.82, 2.24) is 15.4 Å². The van der Waals surface area contributed by atoms with E-state index in [1.54, 1.807) is 29.8 Å². The van der Waals surface area contributed by atoms with E-state index < -0.39 is 12.0 Å². The molecule has 0 atom stereocenters. The van der Waals surface area contributed by atoms with Gasteiger partial charge in [-0.3, -0.25) is 10.2 Å². The molecule has 0 aliphatic carbocycles. The number of amides is 2. The molecule has 0 fully saturated rings. The van der Waals surface area contributed by atoms with Crippen LogP contribution in [0.15, 0.2) is 42.6 Å². The first-order valence-corrected chi connectivity index (χ1v) is 7.36. The van der Waals surface area contributed by atoms with E-state index in [-0.39, 0.29) is 6.61 Å². The fraction of sp³-hybridized carbons (Fsp3) is 0.143. The first-order valence-electron chi connectivity index (χ1n) is 6.28. The number of aromatic nitrogens is 1. The SMILES string of the molecule is CCOC(=O)NNC(=O)c1cccn1-c1cccc(I)c1. The van der Waals surface area contributed by atoms with E-state index in [4.69, 9.17) is 0 Å². The molecule has 2 N–H and O–H groups in total. The van der Waals surface area contributed by atoms with E-state index in [0.29, 0.717) is 5.69 Å². The lowest BCUT2D eigenvalue weighted by molar-refractivity contribution is 0.0906. The van der Waals surface area contributed by atoms with Gasteiger partial charge in [0.1, 0.15) is 5.69 Å². The number of halogens is 1. The van der Waals surface area contributed by atoms with E-state index in [1.165, 1.54) is 0 Å². The lowest BCUT2D eigenvalue weighted by atomic mass is 10.3. The van der Waals surface area contributed by atoms with Crippen LogP contribution in [-0.4, -0.2) is 23.2 Å². The zero-order valence-corrected chi connectivity index (χ0v) is 13.5. The third-order valence-corrected chi connectivity index (χ3v) is 3.29. The molecule has 21 heavy (non-hydrogen) atoms. The van der Waals surface area contributed by atoms with Gasteiger partial charge >= 0.3 is 6.09 Å². The Morgan fingerprint density at radius 3 is 2.76 bits per heavy atom. The van der Waals surface area contributed by atoms with Crippen molar-refractivity contribution in [3.8, 4) is 5.69 Å². The monoisotopic (exact) mass is 399 g/mol. The fourth-order valence-corrected chi connectivity index (χ4v) is 2.28. The number of hydrazine groups is 1. The minimum Gasteiger partial charge on any atom is -0.449 e. The summed E-state index contributed by atoms with van der Waals surface area (Å²) < 4.78 is 7.47. The van der Waals surface area contributed by atoms with Crippen LogP contribution in [0, 0.1) is 3.57 Å². The summed E-state index contributed by atoms with van der Waals surface area (Å²) >= 11 is 2.21. The van der Waals surface area contributed by atoms with Crippen molar-refractivity contribution in [2.24, 2.45) is 0 Å². The van der Waals surface area contributed by atoms with Gasteiger partial charge in [0.05, 0.1) is 6.61 Å². The zero-order chi connectivity index (χ0) is 15.2. The normalized spacial score (nSPS) is 10.0. The van der Waals surface area contributed by atoms with Crippen LogP contribution in [0.3, 0.4) is 0 Å². The first kappa shape index (κ1) is 15.4. The van der Waals surface area contributed by atoms with Crippen molar-refractivity contribution in [1.29, 1.82) is 0 Å². The summed E-state index contributed by atoms with van der Waals surface area (Å²) in [6, 6.07) is 11.2. The molecular weight excluding hydrogens is 385 g/mol. The van der Waals surface area contributed by atoms with Gasteiger partial charge in [-0.2, -0.15) is 0 Å². The lowest BCUT2D eigenvalue weighted by Gasteiger charge is -2.10. The summed E-state index contributed by atoms with van der Waals surface area (Å²) in [5.41, 5.74) is 5.77. The third kappa shape index (κ3) is 3.97. The van der Waals surface area contributed by atoms with Gasteiger partial charge in [-0.05, 0) is 59.8 Å². The fourth-order valence-electron chi connectivity index (χ4n) is 1.76. The van der Waals surface area contributed by atoms with Crippen LogP contribution < -0.4 is 10.9 Å². The largest absolute Gasteiger partial charge is 0.449 e. The first-order chi connectivity index (χ1) is 10.1. The third-order valence-electron chi connectivity index (χ3n) is 2.62. The molecule has 0 unspecified atom stereocenters. The minimum atomic E-state index is -0.696. The summed E-state index contributed by atoms with van der Waals surface area (Å²) in [4.78, 5) is 23.3. The molecule has 1 aromatic heterocycles. The summed E-state index contributed by atoms with van der Waals surface area (Å²) in [5.74, 6) is -0.424. The van der Waals surface area contributed by atoms with Crippen LogP contribution in [0.1, 0.15) is 17.4 Å². The van der Waals surface area contributed by atoms with E-state index in [1.807, 2.05) is 24.3 Å². The van der Waals surface area contributed by atoms with Crippen LogP contribution in [0.25, 0.3) is 5.69 Å². The van der Waals surface area contributed by atoms with Crippen molar-refractivity contribution >= 4 is 34.6 Å². The number of nitrogens with one attached hydrogen (secondary N) is 2. The summed E-state index contributed by atoms with van der Waals surface area (Å²) in [7, 11) is 0. The topological polar surface area (TPSA) is 72.4 Å². The second-order valence-corrected chi connectivity index (χ2v) is 5.29. The highest BCUT2D eigenvalue weighted by Gasteiger charge is 2.13. The molecule has 2 rings (SSSR count). The van der Waals surface area contributed by atoms with Gasteiger partial charge in [0, 0.05) is 15.5 Å². The lowest BCUT2D eigenvalue weighted by Crippen LogP contribution is -2.42. The number of rotatable bonds is 3. The van der Waals surface area contributed by atoms with Crippen LogP contribution in [0.5, 0.6) is 0 Å². The Morgan fingerprint density at radius 1 is 1.24 bits per heavy atom. The molecule has 1 heterocycles. The molecule has 110 valence electrons. The van der Waals surface area contributed by atoms with Crippen LogP contribution >= 0.6 is 22.6 Å². The standard InChI is InChI=1S/C14H14IN3O3/c1-2-21-14(20)17-16-13(19)12-7-4-8-18(12)11-6-3-5-10(15)9-11/h3-9H,2H2,1H3,(H,16,19)(H,17,20). The van der Waals surface area contributed by atoms with E-state index in [9.17, 15) is 9.59 Å². The second-order valence-electron chi connectivity index (χ2n) is 4.04. The maximum absolute atomic E-state index is 12.1. The van der Waals surface area contributed by atoms with E-state index in [0.717, 1.165) is 9.26 Å². The highest BCUT2D eigenvalue weighted by molar-refractivity contribution is 14.1. The van der Waals surface area contributed by atoms with Crippen LogP contribution in [0.2, 0.25) is 0 Å². The van der Waals surface area contributed by atoms with Crippen molar-refractivity contribution < 1.29 is 14.3 Å². The molecule has 2 aromatic rings. The minimum absolute atomic E-state index is 0.237. The van der Waals surface area contributed by atoms with Gasteiger partial charge in [0.25, 0.3) is 5.91 Å². The van der Waals surface area contributed by atoms with Gasteiger partial charge < -0.3 is 9.30 Å². The molecule has 0 saturated heterocycles. The molecule has 0 bridgehead atoms. The number of nitrogens with zero attached hydrogens (tertiary/aromatic N) is 1. The maximum atomic E-state index is 12.1. The van der Waals surface area contributed by atoms with Gasteiger partial charge in [-0.1, -0.05) is 6.07 Å². The summed E-state index contributed by atoms with van der Waals surface area (Å²) in [6.45, 7) is 1.92. The number of benzene rings is 1. The summed E-state index contributed by atoms with van der Waals surface area (Å²) in [5, 5.41) is 0. The smallest absolute Gasteiger partial charge is 0.426 e. The molecule has 2 amide bonds. The van der Waals surface area contributed by atoms with E-state index >= 15 is 0 Å². The van der Waals surface area contributed by atoms with Crippen LogP contribution in [0.4, 0.5) is 4.79 Å². The van der Waals surface area contributed by atoms with Crippen LogP contribution in [-0.2, 0) is 4.74 Å². The number of carbonyl (C=O) groups excluding carboxylic acids is 2. The van der Waals surface area contributed by atoms with E-state index in [2.05, 4.69) is 38.2 Å². The molecule has 0 saturated carbocycles. The molecule has 0 aliphatic heterocycles. The Balaban J connectivity index is 2.13. The number of hydrogen-bond donors (Lipinski definition) is 2. The van der Waals surface area contributed by atoms with Gasteiger partial charge in [-0.15, -0.1) is 0 Å². The van der Waals surface area contributed by atoms with Gasteiger partial charge in [0.15, 0.2) is 0 Å². The Labute approximate surface area is 135 Å². The zero-order valence-electron chi connectivity index (χ0n) is 11.3. The van der Waals surface area contributed by atoms with Gasteiger partial charge in [-0.25, -0.2) is 10.2 Å². The molecule has 0 spiro atoms. The quantitative estimate of drug-likeness (QED) is 0.616. The molecule has 0 radical (unpaired) electrons. The predicted octanol–water partition coefficient (Wildman–Crippen LogP) is 2.47. The van der Waals surface area contributed by atoms with Crippen molar-refractivity contribution in [3.05, 3.63) is 51.9 Å². The number of carbonyl (C=O) groups is 2. The van der Waals surface area contributed by atoms with Crippen molar-refractivity contribution in [2.45, 2.75) is 6.92 Å². The van der Waals surface area contributed by atoms with Gasteiger partial charge in [0.2, 0.25) is 0 Å². The second kappa shape index (κ2) is 7.11. The Kier molecular flexibility index (Phi) is 5.20. The molecule has 6 nitrogen and oxygen atoms in total. The highest BCUT2D eigenvalue weighted by Crippen LogP contribution is 2.15.